The molecule has 0 bridgehead atoms. The molecule has 0 aliphatic heterocycles. The first kappa shape index (κ1) is 20.0. The van der Waals surface area contributed by atoms with E-state index in [2.05, 4.69) is 44.9 Å². The highest BCUT2D eigenvalue weighted by molar-refractivity contribution is 7.09. The van der Waals surface area contributed by atoms with Crippen LogP contribution in [0.5, 0.6) is 0 Å². The lowest BCUT2D eigenvalue weighted by molar-refractivity contribution is 0.0952. The Morgan fingerprint density at radius 2 is 2.03 bits per heavy atom. The summed E-state index contributed by atoms with van der Waals surface area (Å²) < 4.78 is 1.95. The van der Waals surface area contributed by atoms with Gasteiger partial charge in [-0.05, 0) is 46.6 Å². The number of aryl methyl sites for hydroxylation is 1. The Morgan fingerprint density at radius 3 is 2.62 bits per heavy atom. The van der Waals surface area contributed by atoms with Gasteiger partial charge in [-0.25, -0.2) is 14.6 Å². The van der Waals surface area contributed by atoms with Crippen molar-refractivity contribution in [3.63, 3.8) is 0 Å². The number of nitrogens with one attached hydrogen (secondary N) is 1. The van der Waals surface area contributed by atoms with Gasteiger partial charge in [0.05, 0.1) is 39.4 Å². The van der Waals surface area contributed by atoms with Gasteiger partial charge in [-0.15, -0.1) is 11.3 Å². The summed E-state index contributed by atoms with van der Waals surface area (Å²) in [5, 5.41) is 11.8. The molecule has 0 atom stereocenters. The van der Waals surface area contributed by atoms with Crippen LogP contribution in [0.4, 0.5) is 0 Å². The SMILES string of the molecule is Cc1nn(C(C)(C)C)c2nc(C3CC3)cc(C(=O)NCc3csc(C(C)C)n3)c12. The lowest BCUT2D eigenvalue weighted by atomic mass is 10.1. The number of pyridine rings is 1. The molecule has 3 aromatic rings. The van der Waals surface area contributed by atoms with Crippen LogP contribution < -0.4 is 5.32 Å². The van der Waals surface area contributed by atoms with Gasteiger partial charge in [0.2, 0.25) is 0 Å². The highest BCUT2D eigenvalue weighted by Crippen LogP contribution is 2.41. The van der Waals surface area contributed by atoms with Gasteiger partial charge in [0.15, 0.2) is 5.65 Å². The van der Waals surface area contributed by atoms with Crippen LogP contribution in [-0.4, -0.2) is 25.7 Å². The van der Waals surface area contributed by atoms with Crippen molar-refractivity contribution in [1.29, 1.82) is 0 Å². The first-order valence-corrected chi connectivity index (χ1v) is 11.2. The minimum Gasteiger partial charge on any atom is -0.346 e. The van der Waals surface area contributed by atoms with Crippen molar-refractivity contribution in [2.45, 2.75) is 78.3 Å². The van der Waals surface area contributed by atoms with Crippen molar-refractivity contribution in [2.24, 2.45) is 0 Å². The average molecular weight is 412 g/mol. The van der Waals surface area contributed by atoms with Crippen LogP contribution >= 0.6 is 11.3 Å². The van der Waals surface area contributed by atoms with E-state index < -0.39 is 0 Å². The van der Waals surface area contributed by atoms with Crippen molar-refractivity contribution in [3.05, 3.63) is 39.1 Å². The number of aromatic nitrogens is 4. The number of hydrogen-bond donors (Lipinski definition) is 1. The van der Waals surface area contributed by atoms with Crippen LogP contribution in [-0.2, 0) is 12.1 Å². The molecule has 3 heterocycles. The van der Waals surface area contributed by atoms with E-state index in [-0.39, 0.29) is 11.4 Å². The van der Waals surface area contributed by atoms with Crippen LogP contribution in [0.3, 0.4) is 0 Å². The second-order valence-corrected chi connectivity index (χ2v) is 10.1. The average Bonchev–Trinajstić information content (AvgIpc) is 3.29. The third-order valence-electron chi connectivity index (χ3n) is 5.20. The maximum Gasteiger partial charge on any atom is 0.252 e. The molecule has 1 saturated carbocycles. The van der Waals surface area contributed by atoms with Gasteiger partial charge in [-0.1, -0.05) is 13.8 Å². The number of thiazole rings is 1. The standard InChI is InChI=1S/C22H29N5OS/c1-12(2)21-24-15(11-29-21)10-23-20(28)16-9-17(14-7-8-14)25-19-18(16)13(3)26-27(19)22(4,5)6/h9,11-12,14H,7-8,10H2,1-6H3,(H,23,28). The molecular weight excluding hydrogens is 382 g/mol. The predicted molar refractivity (Wildman–Crippen MR) is 117 cm³/mol. The summed E-state index contributed by atoms with van der Waals surface area (Å²) in [5.41, 5.74) is 4.02. The summed E-state index contributed by atoms with van der Waals surface area (Å²) in [4.78, 5) is 22.7. The molecular formula is C22H29N5OS. The third-order valence-corrected chi connectivity index (χ3v) is 6.40. The highest BCUT2D eigenvalue weighted by Gasteiger charge is 2.30. The van der Waals surface area contributed by atoms with E-state index in [4.69, 9.17) is 10.1 Å². The number of nitrogens with zero attached hydrogens (tertiary/aromatic N) is 4. The Kier molecular flexibility index (Phi) is 4.97. The first-order valence-electron chi connectivity index (χ1n) is 10.3. The molecule has 0 unspecified atom stereocenters. The molecule has 1 aliphatic carbocycles. The monoisotopic (exact) mass is 411 g/mol. The second-order valence-electron chi connectivity index (χ2n) is 9.25. The van der Waals surface area contributed by atoms with Gasteiger partial charge in [-0.2, -0.15) is 5.10 Å². The van der Waals surface area contributed by atoms with Gasteiger partial charge in [0.1, 0.15) is 0 Å². The fourth-order valence-electron chi connectivity index (χ4n) is 3.48. The number of rotatable bonds is 5. The molecule has 4 rings (SSSR count). The molecule has 1 fully saturated rings. The van der Waals surface area contributed by atoms with Crippen molar-refractivity contribution in [3.8, 4) is 0 Å². The molecule has 1 aliphatic rings. The Balaban J connectivity index is 1.69. The summed E-state index contributed by atoms with van der Waals surface area (Å²) in [6.45, 7) is 13.0. The summed E-state index contributed by atoms with van der Waals surface area (Å²) in [7, 11) is 0. The number of fused-ring (bicyclic) bond motifs is 1. The van der Waals surface area contributed by atoms with E-state index in [1.54, 1.807) is 11.3 Å². The molecule has 6 nitrogen and oxygen atoms in total. The first-order chi connectivity index (χ1) is 13.6. The maximum atomic E-state index is 13.2. The molecule has 7 heteroatoms. The lowest BCUT2D eigenvalue weighted by Gasteiger charge is -2.20. The largest absolute Gasteiger partial charge is 0.346 e. The Labute approximate surface area is 175 Å². The molecule has 0 spiro atoms. The van der Waals surface area contributed by atoms with Crippen LogP contribution in [0.25, 0.3) is 11.0 Å². The van der Waals surface area contributed by atoms with Gasteiger partial charge >= 0.3 is 0 Å². The number of hydrogen-bond acceptors (Lipinski definition) is 5. The molecule has 3 aromatic heterocycles. The van der Waals surface area contributed by atoms with E-state index in [0.29, 0.717) is 23.9 Å². The van der Waals surface area contributed by atoms with Crippen molar-refractivity contribution in [2.75, 3.05) is 0 Å². The second kappa shape index (κ2) is 7.20. The summed E-state index contributed by atoms with van der Waals surface area (Å²) in [6, 6.07) is 1.97. The fourth-order valence-corrected chi connectivity index (χ4v) is 4.31. The minimum absolute atomic E-state index is 0.0880. The molecule has 1 N–H and O–H groups in total. The Morgan fingerprint density at radius 1 is 1.31 bits per heavy atom. The van der Waals surface area contributed by atoms with E-state index in [1.807, 2.05) is 23.1 Å². The smallest absolute Gasteiger partial charge is 0.252 e. The zero-order valence-electron chi connectivity index (χ0n) is 18.0. The Hall–Kier alpha value is -2.28. The van der Waals surface area contributed by atoms with Gasteiger partial charge in [0, 0.05) is 22.9 Å². The van der Waals surface area contributed by atoms with E-state index in [0.717, 1.165) is 46.0 Å². The summed E-state index contributed by atoms with van der Waals surface area (Å²) in [5.74, 6) is 0.771. The summed E-state index contributed by atoms with van der Waals surface area (Å²) >= 11 is 1.65. The third kappa shape index (κ3) is 3.92. The Bertz CT molecular complexity index is 1070. The van der Waals surface area contributed by atoms with Crippen molar-refractivity contribution >= 4 is 28.3 Å². The lowest BCUT2D eigenvalue weighted by Crippen LogP contribution is -2.25. The highest BCUT2D eigenvalue weighted by atomic mass is 32.1. The molecule has 0 saturated heterocycles. The van der Waals surface area contributed by atoms with Crippen molar-refractivity contribution < 1.29 is 4.79 Å². The number of carbonyl (C=O) groups excluding carboxylic acids is 1. The quantitative estimate of drug-likeness (QED) is 0.649. The van der Waals surface area contributed by atoms with E-state index >= 15 is 0 Å². The van der Waals surface area contributed by atoms with Gasteiger partial charge in [-0.3, -0.25) is 4.79 Å². The normalized spacial score (nSPS) is 14.7. The minimum atomic E-state index is -0.205. The zero-order valence-corrected chi connectivity index (χ0v) is 18.9. The van der Waals surface area contributed by atoms with Crippen LogP contribution in [0.1, 0.15) is 91.7 Å². The number of amides is 1. The topological polar surface area (TPSA) is 72.7 Å². The van der Waals surface area contributed by atoms with Gasteiger partial charge in [0.25, 0.3) is 5.91 Å². The molecule has 0 aromatic carbocycles. The van der Waals surface area contributed by atoms with Crippen LogP contribution in [0, 0.1) is 6.92 Å². The molecule has 0 radical (unpaired) electrons. The predicted octanol–water partition coefficient (Wildman–Crippen LogP) is 4.88. The molecule has 29 heavy (non-hydrogen) atoms. The summed E-state index contributed by atoms with van der Waals surface area (Å²) in [6.07, 6.45) is 2.28. The molecule has 154 valence electrons. The van der Waals surface area contributed by atoms with Crippen LogP contribution in [0.2, 0.25) is 0 Å². The van der Waals surface area contributed by atoms with Gasteiger partial charge < -0.3 is 5.32 Å². The maximum absolute atomic E-state index is 13.2. The van der Waals surface area contributed by atoms with Crippen molar-refractivity contribution in [1.82, 2.24) is 25.1 Å². The van der Waals surface area contributed by atoms with E-state index in [9.17, 15) is 4.79 Å². The zero-order chi connectivity index (χ0) is 20.9. The fraction of sp³-hybridized carbons (Fsp3) is 0.545. The number of carbonyl (C=O) groups is 1. The van der Waals surface area contributed by atoms with E-state index in [1.165, 1.54) is 0 Å². The molecule has 1 amide bonds. The van der Waals surface area contributed by atoms with Crippen LogP contribution in [0.15, 0.2) is 11.4 Å².